The molecule has 16 atom stereocenters. The molecule has 2 heterocycles. The van der Waals surface area contributed by atoms with E-state index in [0.29, 0.717) is 41.4 Å². The van der Waals surface area contributed by atoms with E-state index in [2.05, 4.69) is 50.4 Å². The molecule has 0 aromatic heterocycles. The van der Waals surface area contributed by atoms with E-state index in [-0.39, 0.29) is 66.2 Å². The molecule has 7 fully saturated rings. The first kappa shape index (κ1) is 44.1. The van der Waals surface area contributed by atoms with E-state index in [4.69, 9.17) is 9.57 Å². The summed E-state index contributed by atoms with van der Waals surface area (Å²) in [5.74, 6) is 2.20. The van der Waals surface area contributed by atoms with Crippen molar-refractivity contribution in [2.75, 3.05) is 54.2 Å². The number of hydroxylamine groups is 2. The quantitative estimate of drug-likeness (QED) is 0.205. The van der Waals surface area contributed by atoms with Crippen molar-refractivity contribution in [1.29, 1.82) is 0 Å². The fourth-order valence-corrected chi connectivity index (χ4v) is 13.7. The van der Waals surface area contributed by atoms with Crippen LogP contribution in [0.15, 0.2) is 0 Å². The molecule has 3 amide bonds. The number of aliphatic hydroxyl groups excluding tert-OH is 2. The van der Waals surface area contributed by atoms with Gasteiger partial charge in [-0.1, -0.05) is 27.2 Å². The molecule has 2 aliphatic heterocycles. The van der Waals surface area contributed by atoms with Crippen molar-refractivity contribution in [3.8, 4) is 0 Å². The smallest absolute Gasteiger partial charge is 0.244 e. The average Bonchev–Trinajstić information content (AvgIpc) is 3.82. The standard InChI is InChI=1S/C43H75N5O7S/c1-24-33-19-29(43(33,3)4)20-34(24)44-41(52)38-37(25(2)50)36(23-49)55-48(38)22-26-12-10-14-32(39(26)54-9)27-16-28(18-30(17-27)46(5)6)40(51)45-35(42(53)47(7)8)21-31-13-11-15-56-31/h24-39,49-50H,10-23H2,1-9H3,(H,44,52)(H,45,51)/t24-,25-,26?,27?,28?,29+,30?,31?,32?,33-,34-,35-,36-,37+,38-,39?/m0/s1. The number of likely N-dealkylation sites (N-methyl/N-ethyl adjacent to an activating group) is 1. The van der Waals surface area contributed by atoms with Crippen molar-refractivity contribution in [3.05, 3.63) is 0 Å². The van der Waals surface area contributed by atoms with Gasteiger partial charge in [0.15, 0.2) is 0 Å². The van der Waals surface area contributed by atoms with Gasteiger partial charge in [0.25, 0.3) is 0 Å². The van der Waals surface area contributed by atoms with Gasteiger partial charge in [-0.25, -0.2) is 0 Å². The Hall–Kier alpha value is -1.48. The molecule has 2 saturated heterocycles. The van der Waals surface area contributed by atoms with Gasteiger partial charge >= 0.3 is 0 Å². The van der Waals surface area contributed by atoms with E-state index in [0.717, 1.165) is 63.5 Å². The fourth-order valence-electron chi connectivity index (χ4n) is 12.3. The van der Waals surface area contributed by atoms with Crippen molar-refractivity contribution >= 4 is 29.5 Å². The molecule has 5 saturated carbocycles. The molecule has 7 rings (SSSR count). The van der Waals surface area contributed by atoms with Crippen LogP contribution in [0.3, 0.4) is 0 Å². The molecule has 12 nitrogen and oxygen atoms in total. The lowest BCUT2D eigenvalue weighted by Crippen LogP contribution is -2.62. The van der Waals surface area contributed by atoms with E-state index >= 15 is 0 Å². The Kier molecular flexibility index (Phi) is 14.5. The molecule has 7 unspecified atom stereocenters. The number of aliphatic hydroxyl groups is 2. The number of nitrogens with one attached hydrogen (secondary N) is 2. The minimum atomic E-state index is -0.848. The third kappa shape index (κ3) is 9.14. The van der Waals surface area contributed by atoms with E-state index in [1.165, 1.54) is 6.42 Å². The minimum Gasteiger partial charge on any atom is -0.394 e. The van der Waals surface area contributed by atoms with Gasteiger partial charge in [-0.15, -0.1) is 0 Å². The second-order valence-corrected chi connectivity index (χ2v) is 21.2. The zero-order valence-corrected chi connectivity index (χ0v) is 36.6. The van der Waals surface area contributed by atoms with Gasteiger partial charge in [0.2, 0.25) is 17.7 Å². The number of fused-ring (bicyclic) bond motifs is 2. The SMILES string of the molecule is COC1C(CN2O[C@@H](CO)[C@@H]([C@H](C)O)[C@H]2C(=O)N[C@H]2C[C@H]3C[C@@H]([C@@H]2C)C3(C)C)CCCC1C1CC(C(=O)N[C@@H](CC2CCCS2)C(=O)N(C)C)CC(N(C)C)C1. The van der Waals surface area contributed by atoms with Crippen molar-refractivity contribution < 1.29 is 34.2 Å². The minimum absolute atomic E-state index is 0.0160. The highest BCUT2D eigenvalue weighted by Gasteiger charge is 2.58. The predicted octanol–water partition coefficient (Wildman–Crippen LogP) is 3.78. The topological polar surface area (TPSA) is 144 Å². The third-order valence-corrected chi connectivity index (χ3v) is 17.2. The van der Waals surface area contributed by atoms with Crippen molar-refractivity contribution in [3.63, 3.8) is 0 Å². The van der Waals surface area contributed by atoms with Crippen LogP contribution in [-0.2, 0) is 24.0 Å². The van der Waals surface area contributed by atoms with Crippen molar-refractivity contribution in [2.45, 2.75) is 146 Å². The maximum absolute atomic E-state index is 14.4. The van der Waals surface area contributed by atoms with Crippen LogP contribution in [0.1, 0.15) is 98.3 Å². The van der Waals surface area contributed by atoms with E-state index in [1.54, 1.807) is 38.1 Å². The van der Waals surface area contributed by atoms with Crippen LogP contribution in [0, 0.1) is 52.8 Å². The Labute approximate surface area is 341 Å². The van der Waals surface area contributed by atoms with Gasteiger partial charge in [0.1, 0.15) is 18.2 Å². The van der Waals surface area contributed by atoms with Crippen LogP contribution in [0.25, 0.3) is 0 Å². The first-order valence-corrected chi connectivity index (χ1v) is 22.9. The van der Waals surface area contributed by atoms with Gasteiger partial charge in [-0.3, -0.25) is 19.2 Å². The zero-order chi connectivity index (χ0) is 40.6. The number of hydrogen-bond acceptors (Lipinski definition) is 10. The number of nitrogens with zero attached hydrogens (tertiary/aromatic N) is 3. The predicted molar refractivity (Wildman–Crippen MR) is 219 cm³/mol. The number of carbonyl (C=O) groups excluding carboxylic acids is 3. The fraction of sp³-hybridized carbons (Fsp3) is 0.930. The van der Waals surface area contributed by atoms with Crippen molar-refractivity contribution in [2.24, 2.45) is 52.8 Å². The monoisotopic (exact) mass is 806 g/mol. The van der Waals surface area contributed by atoms with Crippen molar-refractivity contribution in [1.82, 2.24) is 25.5 Å². The summed E-state index contributed by atoms with van der Waals surface area (Å²) >= 11 is 1.91. The molecule has 320 valence electrons. The summed E-state index contributed by atoms with van der Waals surface area (Å²) in [5, 5.41) is 30.3. The zero-order valence-electron chi connectivity index (χ0n) is 35.8. The molecule has 0 radical (unpaired) electrons. The van der Waals surface area contributed by atoms with Crippen LogP contribution in [0.5, 0.6) is 0 Å². The summed E-state index contributed by atoms with van der Waals surface area (Å²) in [7, 11) is 9.51. The van der Waals surface area contributed by atoms with Crippen LogP contribution in [-0.4, -0.2) is 145 Å². The molecular formula is C43H75N5O7S. The number of carbonyl (C=O) groups is 3. The summed E-state index contributed by atoms with van der Waals surface area (Å²) in [5.41, 5.74) is 0.302. The lowest BCUT2D eigenvalue weighted by Gasteiger charge is -2.62. The first-order valence-electron chi connectivity index (χ1n) is 21.9. The Morgan fingerprint density at radius 1 is 1.02 bits per heavy atom. The molecule has 4 N–H and O–H groups in total. The Morgan fingerprint density at radius 2 is 1.77 bits per heavy atom. The molecule has 5 aliphatic carbocycles. The summed E-state index contributed by atoms with van der Waals surface area (Å²) in [6.07, 6.45) is 8.81. The maximum Gasteiger partial charge on any atom is 0.244 e. The normalized spacial score (nSPS) is 40.8. The number of rotatable bonds is 14. The summed E-state index contributed by atoms with van der Waals surface area (Å²) in [6.45, 7) is 8.84. The molecule has 56 heavy (non-hydrogen) atoms. The van der Waals surface area contributed by atoms with Crippen LogP contribution in [0.4, 0.5) is 0 Å². The number of amides is 3. The highest BCUT2D eigenvalue weighted by Crippen LogP contribution is 2.61. The molecule has 7 aliphatic rings. The largest absolute Gasteiger partial charge is 0.394 e. The lowest BCUT2D eigenvalue weighted by molar-refractivity contribution is -0.193. The van der Waals surface area contributed by atoms with Gasteiger partial charge in [-0.2, -0.15) is 16.8 Å². The molecule has 0 spiro atoms. The van der Waals surface area contributed by atoms with E-state index in [9.17, 15) is 24.6 Å². The molecule has 0 aromatic rings. The first-order chi connectivity index (χ1) is 26.5. The second-order valence-electron chi connectivity index (χ2n) is 19.8. The van der Waals surface area contributed by atoms with Gasteiger partial charge < -0.3 is 35.4 Å². The average molecular weight is 806 g/mol. The molecule has 0 aromatic carbocycles. The van der Waals surface area contributed by atoms with Gasteiger partial charge in [0, 0.05) is 62.8 Å². The summed E-state index contributed by atoms with van der Waals surface area (Å²) in [4.78, 5) is 52.1. The summed E-state index contributed by atoms with van der Waals surface area (Å²) in [6, 6.07) is -0.949. The van der Waals surface area contributed by atoms with Crippen LogP contribution < -0.4 is 10.6 Å². The van der Waals surface area contributed by atoms with Crippen LogP contribution in [0.2, 0.25) is 0 Å². The highest BCUT2D eigenvalue weighted by atomic mass is 32.2. The van der Waals surface area contributed by atoms with Crippen LogP contribution >= 0.6 is 11.8 Å². The molecular weight excluding hydrogens is 731 g/mol. The maximum atomic E-state index is 14.4. The Bertz CT molecular complexity index is 1360. The number of ether oxygens (including phenoxy) is 1. The second kappa shape index (κ2) is 18.4. The third-order valence-electron chi connectivity index (χ3n) is 15.8. The Morgan fingerprint density at radius 3 is 2.36 bits per heavy atom. The number of hydrogen-bond donors (Lipinski definition) is 4. The van der Waals surface area contributed by atoms with E-state index < -0.39 is 30.2 Å². The highest BCUT2D eigenvalue weighted by molar-refractivity contribution is 8.00. The lowest BCUT2D eigenvalue weighted by atomic mass is 9.45. The summed E-state index contributed by atoms with van der Waals surface area (Å²) < 4.78 is 6.41. The molecule has 13 heteroatoms. The molecule has 2 bridgehead atoms. The Balaban J connectivity index is 1.17. The van der Waals surface area contributed by atoms with E-state index in [1.807, 2.05) is 11.8 Å². The van der Waals surface area contributed by atoms with Gasteiger partial charge in [0.05, 0.1) is 18.8 Å². The van der Waals surface area contributed by atoms with Gasteiger partial charge in [-0.05, 0) is 126 Å². The number of thioether (sulfide) groups is 1. The number of methoxy groups -OCH3 is 1.